The molecule has 1 saturated heterocycles. The molecule has 222 valence electrons. The summed E-state index contributed by atoms with van der Waals surface area (Å²) < 4.78 is 33.0. The lowest BCUT2D eigenvalue weighted by Gasteiger charge is -2.39. The summed E-state index contributed by atoms with van der Waals surface area (Å²) in [5.41, 5.74) is 6.74. The highest BCUT2D eigenvalue weighted by Gasteiger charge is 2.35. The monoisotopic (exact) mass is 577 g/mol. The number of carbonyl (C=O) groups excluding carboxylic acids is 1. The third-order valence-electron chi connectivity index (χ3n) is 7.13. The molecule has 3 aromatic rings. The van der Waals surface area contributed by atoms with Crippen LogP contribution in [0.2, 0.25) is 0 Å². The van der Waals surface area contributed by atoms with E-state index < -0.39 is 11.4 Å². The number of phenols is 1. The number of piperidine rings is 1. The van der Waals surface area contributed by atoms with Gasteiger partial charge >= 0.3 is 6.09 Å². The zero-order valence-corrected chi connectivity index (χ0v) is 24.0. The number of aromatic nitrogens is 3. The van der Waals surface area contributed by atoms with Crippen LogP contribution in [-0.4, -0.2) is 68.3 Å². The average Bonchev–Trinajstić information content (AvgIpc) is 2.92. The van der Waals surface area contributed by atoms with Crippen LogP contribution >= 0.6 is 0 Å². The van der Waals surface area contributed by atoms with Crippen molar-refractivity contribution in [2.75, 3.05) is 18.8 Å². The van der Waals surface area contributed by atoms with Crippen LogP contribution in [0, 0.1) is 0 Å². The van der Waals surface area contributed by atoms with Gasteiger partial charge in [0.15, 0.2) is 5.82 Å². The molecule has 1 aliphatic carbocycles. The number of para-hydroxylation sites is 1. The summed E-state index contributed by atoms with van der Waals surface area (Å²) in [4.78, 5) is 18.3. The van der Waals surface area contributed by atoms with Crippen LogP contribution in [0.25, 0.3) is 23.2 Å². The Morgan fingerprint density at radius 3 is 2.52 bits per heavy atom. The van der Waals surface area contributed by atoms with Crippen LogP contribution < -0.4 is 10.5 Å². The smallest absolute Gasteiger partial charge is 0.410 e. The van der Waals surface area contributed by atoms with Crippen molar-refractivity contribution >= 4 is 23.8 Å². The molecular formula is C31H36FN5O5. The fourth-order valence-corrected chi connectivity index (χ4v) is 4.89. The van der Waals surface area contributed by atoms with E-state index in [4.69, 9.17) is 19.9 Å². The number of halogens is 1. The minimum absolute atomic E-state index is 0.00930. The van der Waals surface area contributed by atoms with Crippen molar-refractivity contribution in [3.8, 4) is 22.9 Å². The Morgan fingerprint density at radius 1 is 1.07 bits per heavy atom. The highest BCUT2D eigenvalue weighted by molar-refractivity contribution is 5.83. The van der Waals surface area contributed by atoms with Gasteiger partial charge in [-0.2, -0.15) is 0 Å². The minimum atomic E-state index is -0.606. The molecule has 0 radical (unpaired) electrons. The topological polar surface area (TPSA) is 133 Å². The van der Waals surface area contributed by atoms with Gasteiger partial charge in [0.05, 0.1) is 23.5 Å². The summed E-state index contributed by atoms with van der Waals surface area (Å²) in [7, 11) is 0. The molecule has 1 aliphatic heterocycles. The Labute approximate surface area is 244 Å². The van der Waals surface area contributed by atoms with E-state index in [1.165, 1.54) is 18.2 Å². The molecule has 0 unspecified atom stereocenters. The van der Waals surface area contributed by atoms with E-state index in [-0.39, 0.29) is 41.5 Å². The number of benzene rings is 1. The molecule has 1 saturated carbocycles. The van der Waals surface area contributed by atoms with Gasteiger partial charge in [0.1, 0.15) is 23.3 Å². The highest BCUT2D eigenvalue weighted by Crippen LogP contribution is 2.33. The van der Waals surface area contributed by atoms with Crippen molar-refractivity contribution in [2.24, 2.45) is 0 Å². The number of hydrogen-bond donors (Lipinski definition) is 2. The van der Waals surface area contributed by atoms with Crippen LogP contribution in [0.4, 0.5) is 15.0 Å². The Kier molecular flexibility index (Phi) is 8.58. The third kappa shape index (κ3) is 7.33. The van der Waals surface area contributed by atoms with Gasteiger partial charge in [-0.25, -0.2) is 14.2 Å². The first-order valence-electron chi connectivity index (χ1n) is 14.1. The van der Waals surface area contributed by atoms with E-state index >= 15 is 4.39 Å². The van der Waals surface area contributed by atoms with Crippen LogP contribution in [-0.2, 0) is 9.47 Å². The molecule has 2 aromatic heterocycles. The quantitative estimate of drug-likeness (QED) is 0.367. The molecule has 10 nitrogen and oxygen atoms in total. The van der Waals surface area contributed by atoms with Crippen molar-refractivity contribution in [2.45, 2.75) is 70.4 Å². The molecule has 2 aliphatic rings. The zero-order chi connectivity index (χ0) is 29.9. The van der Waals surface area contributed by atoms with Gasteiger partial charge in [-0.1, -0.05) is 12.1 Å². The molecule has 0 spiro atoms. The molecule has 2 fully saturated rings. The van der Waals surface area contributed by atoms with Gasteiger partial charge < -0.3 is 30.0 Å². The summed E-state index contributed by atoms with van der Waals surface area (Å²) in [6.45, 7) is 6.82. The van der Waals surface area contributed by atoms with Crippen LogP contribution in [0.15, 0.2) is 48.7 Å². The van der Waals surface area contributed by atoms with E-state index in [0.717, 1.165) is 25.7 Å². The van der Waals surface area contributed by atoms with E-state index in [0.29, 0.717) is 35.8 Å². The fraction of sp³-hybridized carbons (Fsp3) is 0.419. The number of rotatable bonds is 7. The first-order valence-corrected chi connectivity index (χ1v) is 14.1. The number of ether oxygens (including phenoxy) is 3. The summed E-state index contributed by atoms with van der Waals surface area (Å²) in [5.74, 6) is -0.271. The molecule has 0 bridgehead atoms. The number of anilines is 1. The van der Waals surface area contributed by atoms with Gasteiger partial charge in [0, 0.05) is 43.8 Å². The van der Waals surface area contributed by atoms with Gasteiger partial charge in [0.2, 0.25) is 5.88 Å². The zero-order valence-electron chi connectivity index (χ0n) is 24.0. The molecule has 0 atom stereocenters. The number of nitrogen functional groups attached to an aromatic ring is 1. The molecule has 3 N–H and O–H groups in total. The van der Waals surface area contributed by atoms with E-state index in [9.17, 15) is 9.90 Å². The van der Waals surface area contributed by atoms with Crippen molar-refractivity contribution in [3.05, 3.63) is 59.8 Å². The maximum Gasteiger partial charge on any atom is 0.410 e. The van der Waals surface area contributed by atoms with Crippen molar-refractivity contribution in [3.63, 3.8) is 0 Å². The summed E-state index contributed by atoms with van der Waals surface area (Å²) >= 11 is 0. The normalized spacial score (nSPS) is 19.7. The number of nitrogens with zero attached hydrogens (tertiary/aromatic N) is 4. The van der Waals surface area contributed by atoms with Crippen molar-refractivity contribution in [1.29, 1.82) is 0 Å². The molecule has 3 heterocycles. The van der Waals surface area contributed by atoms with Crippen LogP contribution in [0.5, 0.6) is 11.6 Å². The highest BCUT2D eigenvalue weighted by atomic mass is 19.1. The molecule has 1 aromatic carbocycles. The van der Waals surface area contributed by atoms with Gasteiger partial charge in [-0.15, -0.1) is 10.2 Å². The molecule has 42 heavy (non-hydrogen) atoms. The Hall–Kier alpha value is -4.25. The lowest BCUT2D eigenvalue weighted by Crippen LogP contribution is -2.46. The second-order valence-electron chi connectivity index (χ2n) is 11.6. The first-order chi connectivity index (χ1) is 20.0. The lowest BCUT2D eigenvalue weighted by atomic mass is 9.91. The standard InChI is InChI=1S/C31H36FN5O5/c1-31(2,3)42-30(39)37-12-9-20(10-13-37)40-21-16-22(17-21)41-28-15-19(8-11-34-28)14-25(32)24-18-26(35-36-29(24)33)23-6-4-5-7-27(23)38/h4-8,11,14-15,18,20-22,38H,9-10,12-13,16-17H2,1-3H3,(H2,33,36)/t21-,22-. The summed E-state index contributed by atoms with van der Waals surface area (Å²) in [6, 6.07) is 11.4. The predicted octanol–water partition coefficient (Wildman–Crippen LogP) is 5.62. The van der Waals surface area contributed by atoms with Crippen LogP contribution in [0.3, 0.4) is 0 Å². The Bertz CT molecular complexity index is 1450. The maximum absolute atomic E-state index is 15.3. The second-order valence-corrected chi connectivity index (χ2v) is 11.6. The fourth-order valence-electron chi connectivity index (χ4n) is 4.89. The first kappa shape index (κ1) is 29.2. The van der Waals surface area contributed by atoms with E-state index in [2.05, 4.69) is 15.2 Å². The number of amides is 1. The summed E-state index contributed by atoms with van der Waals surface area (Å²) in [5, 5.41) is 18.0. The van der Waals surface area contributed by atoms with Gasteiger partial charge in [0.25, 0.3) is 0 Å². The summed E-state index contributed by atoms with van der Waals surface area (Å²) in [6.07, 6.45) is 5.76. The largest absolute Gasteiger partial charge is 0.507 e. The Morgan fingerprint density at radius 2 is 1.81 bits per heavy atom. The van der Waals surface area contributed by atoms with Crippen molar-refractivity contribution < 1.29 is 28.5 Å². The second kappa shape index (κ2) is 12.3. The number of pyridine rings is 1. The Balaban J connectivity index is 1.13. The van der Waals surface area contributed by atoms with E-state index in [1.54, 1.807) is 41.4 Å². The third-order valence-corrected chi connectivity index (χ3v) is 7.13. The van der Waals surface area contributed by atoms with Crippen LogP contribution in [0.1, 0.15) is 57.6 Å². The predicted molar refractivity (Wildman–Crippen MR) is 156 cm³/mol. The SMILES string of the molecule is CC(C)(C)OC(=O)N1CCC(O[C@H]2C[C@H](Oc3cc(C=C(F)c4cc(-c5ccccc5O)nnc4N)ccn3)C2)CC1. The number of phenolic OH excluding ortho intramolecular Hbond substituents is 1. The number of aromatic hydroxyl groups is 1. The number of nitrogens with two attached hydrogens (primary N) is 1. The number of hydrogen-bond acceptors (Lipinski definition) is 9. The molecular weight excluding hydrogens is 541 g/mol. The molecule has 11 heteroatoms. The number of carbonyl (C=O) groups is 1. The van der Waals surface area contributed by atoms with Crippen molar-refractivity contribution in [1.82, 2.24) is 20.1 Å². The van der Waals surface area contributed by atoms with Gasteiger partial charge in [-0.3, -0.25) is 0 Å². The average molecular weight is 578 g/mol. The van der Waals surface area contributed by atoms with Gasteiger partial charge in [-0.05, 0) is 69.5 Å². The maximum atomic E-state index is 15.3. The molecule has 5 rings (SSSR count). The van der Waals surface area contributed by atoms with E-state index in [1.807, 2.05) is 20.8 Å². The lowest BCUT2D eigenvalue weighted by molar-refractivity contribution is -0.110. The minimum Gasteiger partial charge on any atom is -0.507 e. The molecule has 1 amide bonds. The number of likely N-dealkylation sites (tertiary alicyclic amines) is 1.